The number of halogens is 2. The first-order valence-corrected chi connectivity index (χ1v) is 18.3. The van der Waals surface area contributed by atoms with Crippen molar-refractivity contribution in [1.29, 1.82) is 0 Å². The number of carbonyl (C=O) groups is 2. The van der Waals surface area contributed by atoms with E-state index in [-0.39, 0.29) is 11.7 Å². The van der Waals surface area contributed by atoms with E-state index in [0.29, 0.717) is 48.8 Å². The molecule has 51 heavy (non-hydrogen) atoms. The quantitative estimate of drug-likeness (QED) is 0.116. The highest BCUT2D eigenvalue weighted by Gasteiger charge is 2.35. The summed E-state index contributed by atoms with van der Waals surface area (Å²) in [4.78, 5) is 29.0. The van der Waals surface area contributed by atoms with E-state index >= 15 is 0 Å². The molecule has 0 aliphatic carbocycles. The predicted molar refractivity (Wildman–Crippen MR) is 209 cm³/mol. The maximum atomic E-state index is 14.8. The Labute approximate surface area is 309 Å². The van der Waals surface area contributed by atoms with Gasteiger partial charge in [0.2, 0.25) is 0 Å². The molecule has 0 bridgehead atoms. The van der Waals surface area contributed by atoms with Crippen LogP contribution in [0.4, 0.5) is 5.69 Å². The molecule has 0 atom stereocenters. The largest absolute Gasteiger partial charge is 0.494 e. The third kappa shape index (κ3) is 6.23. The number of aromatic nitrogens is 4. The number of rotatable bonds is 8. The maximum absolute atomic E-state index is 14.8. The molecule has 0 saturated heterocycles. The third-order valence-electron chi connectivity index (χ3n) is 9.95. The first-order chi connectivity index (χ1) is 24.4. The second-order valence-electron chi connectivity index (χ2n) is 13.2. The van der Waals surface area contributed by atoms with E-state index < -0.39 is 0 Å². The monoisotopic (exact) mass is 725 g/mol. The van der Waals surface area contributed by atoms with E-state index in [4.69, 9.17) is 33.0 Å². The van der Waals surface area contributed by atoms with Crippen LogP contribution in [-0.2, 0) is 27.1 Å². The van der Waals surface area contributed by atoms with E-state index in [1.54, 1.807) is 6.92 Å². The lowest BCUT2D eigenvalue weighted by Gasteiger charge is -2.29. The molecule has 0 radical (unpaired) electrons. The molecule has 3 aromatic carbocycles. The molecule has 0 saturated carbocycles. The Hall–Kier alpha value is -4.53. The molecule has 1 amide bonds. The Bertz CT molecular complexity index is 2320. The molecular formula is C41H45Cl2N5O3. The molecule has 7 rings (SSSR count). The summed E-state index contributed by atoms with van der Waals surface area (Å²) in [7, 11) is 3.90. The van der Waals surface area contributed by atoms with Crippen molar-refractivity contribution < 1.29 is 14.3 Å². The number of fused-ring (bicyclic) bond motifs is 4. The van der Waals surface area contributed by atoms with Gasteiger partial charge in [0, 0.05) is 77.1 Å². The number of anilines is 1. The predicted octanol–water partition coefficient (Wildman–Crippen LogP) is 9.97. The number of carbonyl (C=O) groups excluding carboxylic acids is 2. The maximum Gasteiger partial charge on any atom is 0.275 e. The molecule has 10 heteroatoms. The smallest absolute Gasteiger partial charge is 0.275 e. The summed E-state index contributed by atoms with van der Waals surface area (Å²) in [6, 6.07) is 13.6. The first-order valence-electron chi connectivity index (χ1n) is 17.5. The van der Waals surface area contributed by atoms with E-state index in [1.165, 1.54) is 0 Å². The molecular weight excluding hydrogens is 681 g/mol. The van der Waals surface area contributed by atoms with Crippen LogP contribution < -0.4 is 9.64 Å². The van der Waals surface area contributed by atoms with Crippen LogP contribution in [0.5, 0.6) is 5.75 Å². The summed E-state index contributed by atoms with van der Waals surface area (Å²) in [5.41, 5.74) is 10.7. The molecule has 266 valence electrons. The van der Waals surface area contributed by atoms with Gasteiger partial charge in [0.15, 0.2) is 5.78 Å². The van der Waals surface area contributed by atoms with Crippen molar-refractivity contribution in [2.24, 2.45) is 14.1 Å². The molecule has 0 unspecified atom stereocenters. The lowest BCUT2D eigenvalue weighted by molar-refractivity contribution is 0.0964. The molecule has 1 aliphatic rings. The average Bonchev–Trinajstić information content (AvgIpc) is 3.70. The van der Waals surface area contributed by atoms with Gasteiger partial charge < -0.3 is 18.8 Å². The molecule has 0 spiro atoms. The van der Waals surface area contributed by atoms with Gasteiger partial charge in [-0.2, -0.15) is 5.10 Å². The zero-order valence-electron chi connectivity index (χ0n) is 30.9. The lowest BCUT2D eigenvalue weighted by atomic mass is 9.98. The van der Waals surface area contributed by atoms with Crippen molar-refractivity contribution in [1.82, 2.24) is 18.9 Å². The number of Topliss-reactive ketones (excluding diaryl/α,β-unsaturated/α-hetero) is 1. The van der Waals surface area contributed by atoms with Crippen molar-refractivity contribution >= 4 is 62.4 Å². The number of ketones is 1. The van der Waals surface area contributed by atoms with Crippen LogP contribution in [0.3, 0.4) is 0 Å². The highest BCUT2D eigenvalue weighted by atomic mass is 35.5. The van der Waals surface area contributed by atoms with E-state index in [2.05, 4.69) is 4.57 Å². The molecule has 4 heterocycles. The molecule has 1 aliphatic heterocycles. The van der Waals surface area contributed by atoms with Gasteiger partial charge in [-0.1, -0.05) is 43.1 Å². The highest BCUT2D eigenvalue weighted by Crippen LogP contribution is 2.44. The zero-order chi connectivity index (χ0) is 36.9. The minimum absolute atomic E-state index is 0.0133. The third-order valence-corrected chi connectivity index (χ3v) is 10.9. The Balaban J connectivity index is 0.00000220. The Morgan fingerprint density at radius 3 is 2.27 bits per heavy atom. The van der Waals surface area contributed by atoms with Crippen molar-refractivity contribution in [3.05, 3.63) is 98.0 Å². The highest BCUT2D eigenvalue weighted by molar-refractivity contribution is 6.35. The number of hydrogen-bond acceptors (Lipinski definition) is 4. The van der Waals surface area contributed by atoms with E-state index in [0.717, 1.165) is 77.5 Å². The molecule has 3 aromatic heterocycles. The van der Waals surface area contributed by atoms with Gasteiger partial charge in [-0.15, -0.1) is 0 Å². The minimum Gasteiger partial charge on any atom is -0.494 e. The lowest BCUT2D eigenvalue weighted by Crippen LogP contribution is -2.40. The fourth-order valence-corrected chi connectivity index (χ4v) is 7.84. The van der Waals surface area contributed by atoms with Crippen molar-refractivity contribution in [2.45, 2.75) is 67.9 Å². The van der Waals surface area contributed by atoms with E-state index in [1.807, 2.05) is 118 Å². The number of benzene rings is 3. The average molecular weight is 727 g/mol. The van der Waals surface area contributed by atoms with Gasteiger partial charge in [0.05, 0.1) is 28.5 Å². The van der Waals surface area contributed by atoms with Crippen LogP contribution in [0.25, 0.3) is 32.9 Å². The van der Waals surface area contributed by atoms with Gasteiger partial charge in [0.25, 0.3) is 5.91 Å². The summed E-state index contributed by atoms with van der Waals surface area (Å²) >= 11 is 13.4. The summed E-state index contributed by atoms with van der Waals surface area (Å²) in [5.74, 6) is 0.688. The van der Waals surface area contributed by atoms with Crippen molar-refractivity contribution in [2.75, 3.05) is 18.1 Å². The Kier molecular flexibility index (Phi) is 10.1. The fourth-order valence-electron chi connectivity index (χ4n) is 7.48. The second-order valence-corrected chi connectivity index (χ2v) is 13.9. The second kappa shape index (κ2) is 14.2. The van der Waals surface area contributed by atoms with Crippen LogP contribution in [0.2, 0.25) is 10.0 Å². The normalized spacial score (nSPS) is 12.8. The summed E-state index contributed by atoms with van der Waals surface area (Å²) < 4.78 is 12.2. The summed E-state index contributed by atoms with van der Waals surface area (Å²) in [5, 5.41) is 7.95. The van der Waals surface area contributed by atoms with Gasteiger partial charge in [-0.25, -0.2) is 0 Å². The van der Waals surface area contributed by atoms with Gasteiger partial charge in [0.1, 0.15) is 11.4 Å². The number of amides is 1. The first kappa shape index (κ1) is 36.3. The van der Waals surface area contributed by atoms with Crippen LogP contribution in [0.15, 0.2) is 48.7 Å². The fraction of sp³-hybridized carbons (Fsp3) is 0.341. The van der Waals surface area contributed by atoms with Crippen LogP contribution in [0.1, 0.15) is 76.1 Å². The van der Waals surface area contributed by atoms with Gasteiger partial charge in [-0.3, -0.25) is 14.3 Å². The molecule has 6 aromatic rings. The molecule has 0 N–H and O–H groups in total. The Morgan fingerprint density at radius 1 is 0.922 bits per heavy atom. The van der Waals surface area contributed by atoms with Crippen molar-refractivity contribution in [3.63, 3.8) is 0 Å². The van der Waals surface area contributed by atoms with Gasteiger partial charge >= 0.3 is 0 Å². The van der Waals surface area contributed by atoms with Crippen LogP contribution in [-0.4, -0.2) is 43.8 Å². The number of ether oxygens (including phenoxy) is 1. The van der Waals surface area contributed by atoms with Gasteiger partial charge in [-0.05, 0) is 101 Å². The summed E-state index contributed by atoms with van der Waals surface area (Å²) in [6.45, 7) is 15.1. The van der Waals surface area contributed by atoms with Crippen LogP contribution >= 0.6 is 23.2 Å². The Morgan fingerprint density at radius 2 is 1.63 bits per heavy atom. The molecule has 0 fully saturated rings. The SMILES string of the molecule is CC.CC(=O)c1ccc2c(c1)c(N1CCn3c(c(CCCOc4cc(C)c(Cl)c(C)c4)c4ccc(Cl)c(-c5c(C)nn(C)c5C)c43)C1=O)cn2C. The minimum atomic E-state index is -0.0789. The number of nitrogens with zero attached hydrogens (tertiary/aromatic N) is 5. The summed E-state index contributed by atoms with van der Waals surface area (Å²) in [6.07, 6.45) is 3.30. The topological polar surface area (TPSA) is 74.3 Å². The van der Waals surface area contributed by atoms with Crippen LogP contribution in [0, 0.1) is 27.7 Å². The number of hydrogen-bond donors (Lipinski definition) is 0. The van der Waals surface area contributed by atoms with E-state index in [9.17, 15) is 9.59 Å². The number of aryl methyl sites for hydroxylation is 6. The zero-order valence-corrected chi connectivity index (χ0v) is 32.4. The van der Waals surface area contributed by atoms with Crippen molar-refractivity contribution in [3.8, 4) is 16.9 Å². The standard InChI is InChI=1S/C39H39Cl2N5O3.C2H6/c1-21-17-27(18-22(2)36(21)41)49-16-8-9-28-29-11-12-31(40)35(34-23(3)42-44(7)24(34)4)37(29)46-15-14-45(39(48)38(28)46)33-20-43(6)32-13-10-26(25(5)47)19-30(32)33;1-2/h10-13,17-20H,8-9,14-16H2,1-7H3;1-2H3. The molecule has 8 nitrogen and oxygen atoms in total.